The number of aliphatic hydroxyl groups is 1. The topological polar surface area (TPSA) is 120 Å². The van der Waals surface area contributed by atoms with Crippen LogP contribution in [0.25, 0.3) is 0 Å². The van der Waals surface area contributed by atoms with Gasteiger partial charge in [-0.2, -0.15) is 0 Å². The van der Waals surface area contributed by atoms with Crippen LogP contribution in [0.5, 0.6) is 0 Å². The Hall–Kier alpha value is -2.53. The smallest absolute Gasteiger partial charge is 0.245 e. The summed E-state index contributed by atoms with van der Waals surface area (Å²) >= 11 is 0. The number of hydrogen-bond donors (Lipinski definition) is 3. The Labute approximate surface area is 217 Å². The Morgan fingerprint density at radius 1 is 1.14 bits per heavy atom. The van der Waals surface area contributed by atoms with E-state index in [4.69, 9.17) is 9.47 Å². The maximum Gasteiger partial charge on any atom is 0.245 e. The Bertz CT molecular complexity index is 986. The normalized spacial score (nSPS) is 31.8. The summed E-state index contributed by atoms with van der Waals surface area (Å²) in [5, 5.41) is 16.4. The summed E-state index contributed by atoms with van der Waals surface area (Å²) in [6.07, 6.45) is 1.54. The van der Waals surface area contributed by atoms with E-state index in [-0.39, 0.29) is 30.4 Å². The molecule has 2 unspecified atom stereocenters. The average molecular weight is 515 g/mol. The van der Waals surface area contributed by atoms with E-state index in [1.807, 2.05) is 37.3 Å². The van der Waals surface area contributed by atoms with Crippen molar-refractivity contribution in [2.24, 2.45) is 11.8 Å². The summed E-state index contributed by atoms with van der Waals surface area (Å²) in [6, 6.07) is 7.60. The third-order valence-electron chi connectivity index (χ3n) is 8.36. The molecule has 10 heteroatoms. The third kappa shape index (κ3) is 4.65. The lowest BCUT2D eigenvalue weighted by Crippen LogP contribution is -2.57. The van der Waals surface area contributed by atoms with E-state index in [2.05, 4.69) is 15.5 Å². The summed E-state index contributed by atoms with van der Waals surface area (Å²) < 4.78 is 11.9. The number of benzene rings is 1. The first kappa shape index (κ1) is 26.1. The van der Waals surface area contributed by atoms with Crippen molar-refractivity contribution in [2.75, 3.05) is 52.5 Å². The Kier molecular flexibility index (Phi) is 7.80. The minimum Gasteiger partial charge on any atom is -0.394 e. The van der Waals surface area contributed by atoms with E-state index in [0.717, 1.165) is 25.1 Å². The molecule has 0 saturated carbocycles. The highest BCUT2D eigenvalue weighted by molar-refractivity contribution is 5.99. The number of hydrogen-bond acceptors (Lipinski definition) is 7. The van der Waals surface area contributed by atoms with Crippen LogP contribution >= 0.6 is 0 Å². The largest absolute Gasteiger partial charge is 0.394 e. The first-order valence-electron chi connectivity index (χ1n) is 13.5. The van der Waals surface area contributed by atoms with Crippen LogP contribution in [0.3, 0.4) is 0 Å². The number of ether oxygens (including phenoxy) is 2. The second kappa shape index (κ2) is 11.1. The third-order valence-corrected chi connectivity index (χ3v) is 8.36. The lowest BCUT2D eigenvalue weighted by Gasteiger charge is -2.37. The second-order valence-corrected chi connectivity index (χ2v) is 10.4. The van der Waals surface area contributed by atoms with Gasteiger partial charge in [0.1, 0.15) is 11.6 Å². The van der Waals surface area contributed by atoms with Crippen LogP contribution in [-0.2, 0) is 23.9 Å². The lowest BCUT2D eigenvalue weighted by atomic mass is 9.70. The minimum absolute atomic E-state index is 0.194. The highest BCUT2D eigenvalue weighted by atomic mass is 16.5. The van der Waals surface area contributed by atoms with Crippen LogP contribution in [0, 0.1) is 11.8 Å². The Balaban J connectivity index is 1.44. The number of fused-ring (bicyclic) bond motifs is 1. The molecule has 3 amide bonds. The molecule has 4 saturated heterocycles. The zero-order valence-corrected chi connectivity index (χ0v) is 21.4. The van der Waals surface area contributed by atoms with Gasteiger partial charge in [-0.1, -0.05) is 37.3 Å². The molecule has 1 spiro atoms. The first-order chi connectivity index (χ1) is 18.0. The van der Waals surface area contributed by atoms with Crippen LogP contribution in [0.4, 0.5) is 0 Å². The van der Waals surface area contributed by atoms with Gasteiger partial charge in [-0.25, -0.2) is 0 Å². The molecule has 6 atom stereocenters. The monoisotopic (exact) mass is 514 g/mol. The summed E-state index contributed by atoms with van der Waals surface area (Å²) in [5.41, 5.74) is -0.344. The van der Waals surface area contributed by atoms with Crippen molar-refractivity contribution >= 4 is 17.7 Å². The van der Waals surface area contributed by atoms with Gasteiger partial charge in [-0.05, 0) is 24.8 Å². The fourth-order valence-electron chi connectivity index (χ4n) is 6.68. The molecule has 0 radical (unpaired) electrons. The van der Waals surface area contributed by atoms with Gasteiger partial charge in [0.05, 0.1) is 43.8 Å². The molecular formula is C27H38N4O6. The quantitative estimate of drug-likeness (QED) is 0.404. The molecule has 1 aromatic rings. The molecule has 37 heavy (non-hydrogen) atoms. The van der Waals surface area contributed by atoms with Gasteiger partial charge < -0.3 is 30.1 Å². The van der Waals surface area contributed by atoms with E-state index in [1.54, 1.807) is 0 Å². The highest BCUT2D eigenvalue weighted by Gasteiger charge is 2.75. The van der Waals surface area contributed by atoms with E-state index in [9.17, 15) is 19.5 Å². The molecule has 4 aliphatic heterocycles. The maximum atomic E-state index is 14.1. The number of nitrogens with one attached hydrogen (secondary N) is 2. The van der Waals surface area contributed by atoms with Gasteiger partial charge in [-0.3, -0.25) is 19.3 Å². The van der Waals surface area contributed by atoms with Crippen molar-refractivity contribution in [1.82, 2.24) is 20.4 Å². The van der Waals surface area contributed by atoms with E-state index in [1.165, 1.54) is 4.90 Å². The van der Waals surface area contributed by atoms with Crippen molar-refractivity contribution in [3.63, 3.8) is 0 Å². The molecule has 2 bridgehead atoms. The fourth-order valence-corrected chi connectivity index (χ4v) is 6.68. The zero-order chi connectivity index (χ0) is 26.0. The standard InChI is InChI=1S/C27H38N4O6/c1-2-10-28-24(33)21-20-8-9-27(37-20)22(21)26(35)31(19(17-32)18-6-4-3-5-7-18)23(27)25(34)29-11-12-30-13-15-36-16-14-30/h3-7,19-23,32H,2,8-17H2,1H3,(H,28,33)(H,29,34)/t19-,20-,21+,22+,23?,27?/m1/s1. The maximum absolute atomic E-state index is 14.1. The number of morpholine rings is 1. The van der Waals surface area contributed by atoms with Crippen molar-refractivity contribution in [3.8, 4) is 0 Å². The number of likely N-dealkylation sites (tertiary alicyclic amines) is 1. The van der Waals surface area contributed by atoms with Gasteiger partial charge in [-0.15, -0.1) is 0 Å². The van der Waals surface area contributed by atoms with Gasteiger partial charge in [0.15, 0.2) is 0 Å². The molecule has 4 aliphatic rings. The number of carbonyl (C=O) groups is 3. The molecule has 0 aromatic heterocycles. The number of carbonyl (C=O) groups excluding carboxylic acids is 3. The summed E-state index contributed by atoms with van der Waals surface area (Å²) in [4.78, 5) is 44.9. The SMILES string of the molecule is CCCNC(=O)[C@@H]1[C@H]2C(=O)N([C@H](CO)c3ccccc3)C(C(=O)NCCN3CCOCC3)C23CC[C@H]1O3. The van der Waals surface area contributed by atoms with Crippen LogP contribution in [0.1, 0.15) is 37.8 Å². The predicted molar refractivity (Wildman–Crippen MR) is 134 cm³/mol. The van der Waals surface area contributed by atoms with Crippen molar-refractivity contribution in [3.05, 3.63) is 35.9 Å². The number of rotatable bonds is 10. The van der Waals surface area contributed by atoms with Crippen LogP contribution in [0.2, 0.25) is 0 Å². The number of nitrogens with zero attached hydrogens (tertiary/aromatic N) is 2. The second-order valence-electron chi connectivity index (χ2n) is 10.4. The molecule has 1 aromatic carbocycles. The molecular weight excluding hydrogens is 476 g/mol. The summed E-state index contributed by atoms with van der Waals surface area (Å²) in [7, 11) is 0. The molecule has 4 heterocycles. The highest BCUT2D eigenvalue weighted by Crippen LogP contribution is 2.59. The van der Waals surface area contributed by atoms with Gasteiger partial charge >= 0.3 is 0 Å². The van der Waals surface area contributed by atoms with Crippen molar-refractivity contribution in [2.45, 2.75) is 50.0 Å². The minimum atomic E-state index is -1.08. The molecule has 10 nitrogen and oxygen atoms in total. The molecule has 0 aliphatic carbocycles. The molecule has 202 valence electrons. The Morgan fingerprint density at radius 3 is 2.57 bits per heavy atom. The number of aliphatic hydroxyl groups excluding tert-OH is 1. The van der Waals surface area contributed by atoms with E-state index in [0.29, 0.717) is 45.7 Å². The predicted octanol–water partition coefficient (Wildman–Crippen LogP) is 0.0692. The average Bonchev–Trinajstić information content (AvgIpc) is 3.57. The van der Waals surface area contributed by atoms with E-state index >= 15 is 0 Å². The first-order valence-corrected chi connectivity index (χ1v) is 13.5. The van der Waals surface area contributed by atoms with Crippen LogP contribution < -0.4 is 10.6 Å². The van der Waals surface area contributed by atoms with Crippen LogP contribution in [-0.4, -0.2) is 103 Å². The van der Waals surface area contributed by atoms with Gasteiger partial charge in [0.25, 0.3) is 0 Å². The molecule has 4 fully saturated rings. The van der Waals surface area contributed by atoms with Gasteiger partial charge in [0.2, 0.25) is 17.7 Å². The fraction of sp³-hybridized carbons (Fsp3) is 0.667. The summed E-state index contributed by atoms with van der Waals surface area (Å²) in [5.74, 6) is -2.18. The van der Waals surface area contributed by atoms with Crippen LogP contribution in [0.15, 0.2) is 30.3 Å². The van der Waals surface area contributed by atoms with Crippen molar-refractivity contribution < 1.29 is 29.0 Å². The van der Waals surface area contributed by atoms with E-state index < -0.39 is 29.5 Å². The Morgan fingerprint density at radius 2 is 1.86 bits per heavy atom. The molecule has 5 rings (SSSR count). The van der Waals surface area contributed by atoms with Crippen molar-refractivity contribution in [1.29, 1.82) is 0 Å². The zero-order valence-electron chi connectivity index (χ0n) is 21.4. The molecule has 3 N–H and O–H groups in total. The summed E-state index contributed by atoms with van der Waals surface area (Å²) in [6.45, 7) is 6.25. The lowest BCUT2D eigenvalue weighted by molar-refractivity contribution is -0.145. The number of amides is 3. The van der Waals surface area contributed by atoms with Gasteiger partial charge in [0, 0.05) is 32.7 Å².